The predicted molar refractivity (Wildman–Crippen MR) is 103 cm³/mol. The van der Waals surface area contributed by atoms with E-state index >= 15 is 0 Å². The fourth-order valence-corrected chi connectivity index (χ4v) is 4.09. The second-order valence-electron chi connectivity index (χ2n) is 6.73. The summed E-state index contributed by atoms with van der Waals surface area (Å²) in [7, 11) is -1.71. The summed E-state index contributed by atoms with van der Waals surface area (Å²) in [5.74, 6) is 1.45. The van der Waals surface area contributed by atoms with Crippen molar-refractivity contribution in [2.45, 2.75) is 45.2 Å². The Kier molecular flexibility index (Phi) is 6.01. The maximum absolute atomic E-state index is 12.8. The zero-order valence-corrected chi connectivity index (χ0v) is 16.5. The number of sulfonamides is 1. The highest BCUT2D eigenvalue weighted by molar-refractivity contribution is 7.89. The van der Waals surface area contributed by atoms with Gasteiger partial charge in [-0.15, -0.1) is 5.10 Å². The van der Waals surface area contributed by atoms with Crippen LogP contribution in [0.4, 0.5) is 0 Å². The van der Waals surface area contributed by atoms with Crippen LogP contribution in [0.5, 0.6) is 5.75 Å². The van der Waals surface area contributed by atoms with Crippen molar-refractivity contribution >= 4 is 10.0 Å². The molecule has 8 nitrogen and oxygen atoms in total. The minimum atomic E-state index is -3.31. The lowest BCUT2D eigenvalue weighted by molar-refractivity contribution is 0.415. The largest absolute Gasteiger partial charge is 0.497 e. The molecule has 1 aromatic heterocycles. The average molecular weight is 394 g/mol. The number of benzene rings is 1. The molecule has 1 saturated carbocycles. The van der Waals surface area contributed by atoms with Crippen LogP contribution in [0.1, 0.15) is 38.6 Å². The van der Waals surface area contributed by atoms with E-state index in [4.69, 9.17) is 4.74 Å². The van der Waals surface area contributed by atoms with Gasteiger partial charge in [-0.3, -0.25) is 4.57 Å². The quantitative estimate of drug-likeness (QED) is 0.663. The van der Waals surface area contributed by atoms with E-state index in [-0.39, 0.29) is 30.6 Å². The molecule has 1 fully saturated rings. The SMILES string of the molecule is CCCCS(=O)(=O)NCCn1nc(-c2ccc(OC)cc2)n(C2CC2)c1=O. The number of nitrogens with one attached hydrogen (secondary N) is 1. The molecule has 0 spiro atoms. The third-order valence-corrected chi connectivity index (χ3v) is 6.01. The second-order valence-corrected chi connectivity index (χ2v) is 8.65. The number of ether oxygens (including phenoxy) is 1. The van der Waals surface area contributed by atoms with Crippen molar-refractivity contribution < 1.29 is 13.2 Å². The van der Waals surface area contributed by atoms with E-state index in [9.17, 15) is 13.2 Å². The number of hydrogen-bond acceptors (Lipinski definition) is 5. The Balaban J connectivity index is 1.78. The lowest BCUT2D eigenvalue weighted by Crippen LogP contribution is -2.33. The van der Waals surface area contributed by atoms with Gasteiger partial charge in [0.25, 0.3) is 0 Å². The fraction of sp³-hybridized carbons (Fsp3) is 0.556. The molecular formula is C18H26N4O4S. The molecule has 0 amide bonds. The first-order valence-corrected chi connectivity index (χ1v) is 10.9. The van der Waals surface area contributed by atoms with Gasteiger partial charge in [0.15, 0.2) is 5.82 Å². The summed E-state index contributed by atoms with van der Waals surface area (Å²) in [6.07, 6.45) is 3.35. The van der Waals surface area contributed by atoms with Gasteiger partial charge in [0.1, 0.15) is 5.75 Å². The van der Waals surface area contributed by atoms with E-state index in [2.05, 4.69) is 9.82 Å². The summed E-state index contributed by atoms with van der Waals surface area (Å²) in [4.78, 5) is 12.8. The number of methoxy groups -OCH3 is 1. The molecule has 1 aromatic carbocycles. The van der Waals surface area contributed by atoms with Gasteiger partial charge in [-0.05, 0) is 43.5 Å². The number of nitrogens with zero attached hydrogens (tertiary/aromatic N) is 3. The molecule has 0 bridgehead atoms. The Bertz CT molecular complexity index is 927. The van der Waals surface area contributed by atoms with E-state index in [1.807, 2.05) is 31.2 Å². The standard InChI is InChI=1S/C18H26N4O4S/c1-3-4-13-27(24,25)19-11-12-21-18(23)22(15-7-8-15)17(20-21)14-5-9-16(26-2)10-6-14/h5-6,9-10,15,19H,3-4,7-8,11-13H2,1-2H3. The van der Waals surface area contributed by atoms with E-state index < -0.39 is 10.0 Å². The van der Waals surface area contributed by atoms with Crippen molar-refractivity contribution in [3.05, 3.63) is 34.7 Å². The van der Waals surface area contributed by atoms with Gasteiger partial charge in [0.05, 0.1) is 19.4 Å². The normalized spacial score (nSPS) is 14.4. The third-order valence-electron chi connectivity index (χ3n) is 4.54. The van der Waals surface area contributed by atoms with Crippen LogP contribution in [-0.4, -0.2) is 42.2 Å². The number of rotatable bonds is 10. The zero-order chi connectivity index (χ0) is 19.4. The lowest BCUT2D eigenvalue weighted by Gasteiger charge is -2.05. The van der Waals surface area contributed by atoms with Crippen molar-refractivity contribution in [1.82, 2.24) is 19.1 Å². The summed E-state index contributed by atoms with van der Waals surface area (Å²) >= 11 is 0. The molecule has 1 heterocycles. The molecule has 1 N–H and O–H groups in total. The Labute approximate surface area is 159 Å². The molecule has 0 unspecified atom stereocenters. The minimum absolute atomic E-state index is 0.103. The van der Waals surface area contributed by atoms with Gasteiger partial charge in [0, 0.05) is 18.2 Å². The molecule has 1 aliphatic rings. The van der Waals surface area contributed by atoms with Gasteiger partial charge in [0.2, 0.25) is 10.0 Å². The van der Waals surface area contributed by atoms with Crippen LogP contribution >= 0.6 is 0 Å². The zero-order valence-electron chi connectivity index (χ0n) is 15.7. The van der Waals surface area contributed by atoms with Crippen LogP contribution in [0.25, 0.3) is 11.4 Å². The van der Waals surface area contributed by atoms with Crippen molar-refractivity contribution in [2.75, 3.05) is 19.4 Å². The Morgan fingerprint density at radius 2 is 1.96 bits per heavy atom. The summed E-state index contributed by atoms with van der Waals surface area (Å²) in [6.45, 7) is 2.29. The molecule has 9 heteroatoms. The van der Waals surface area contributed by atoms with Gasteiger partial charge in [-0.2, -0.15) is 0 Å². The molecule has 1 aliphatic carbocycles. The molecule has 0 radical (unpaired) electrons. The summed E-state index contributed by atoms with van der Waals surface area (Å²) in [6, 6.07) is 7.58. The van der Waals surface area contributed by atoms with E-state index in [1.54, 1.807) is 11.7 Å². The van der Waals surface area contributed by atoms with Crippen LogP contribution in [0.3, 0.4) is 0 Å². The molecule has 2 aromatic rings. The first-order valence-electron chi connectivity index (χ1n) is 9.26. The van der Waals surface area contributed by atoms with Gasteiger partial charge >= 0.3 is 5.69 Å². The van der Waals surface area contributed by atoms with Gasteiger partial charge < -0.3 is 4.74 Å². The predicted octanol–water partition coefficient (Wildman–Crippen LogP) is 1.77. The van der Waals surface area contributed by atoms with Crippen LogP contribution in [0.2, 0.25) is 0 Å². The monoisotopic (exact) mass is 394 g/mol. The third kappa shape index (κ3) is 4.78. The minimum Gasteiger partial charge on any atom is -0.497 e. The maximum atomic E-state index is 12.8. The van der Waals surface area contributed by atoms with E-state index in [0.29, 0.717) is 12.2 Å². The summed E-state index contributed by atoms with van der Waals surface area (Å²) < 4.78 is 34.6. The number of hydrogen-bond donors (Lipinski definition) is 1. The van der Waals surface area contributed by atoms with Crippen molar-refractivity contribution in [2.24, 2.45) is 0 Å². The topological polar surface area (TPSA) is 95.2 Å². The van der Waals surface area contributed by atoms with E-state index in [1.165, 1.54) is 4.68 Å². The smallest absolute Gasteiger partial charge is 0.346 e. The fourth-order valence-electron chi connectivity index (χ4n) is 2.88. The molecular weight excluding hydrogens is 368 g/mol. The van der Waals surface area contributed by atoms with E-state index in [0.717, 1.165) is 30.6 Å². The van der Waals surface area contributed by atoms with Gasteiger partial charge in [-0.1, -0.05) is 13.3 Å². The Morgan fingerprint density at radius 3 is 2.56 bits per heavy atom. The Hall–Kier alpha value is -2.13. The highest BCUT2D eigenvalue weighted by Crippen LogP contribution is 2.36. The highest BCUT2D eigenvalue weighted by Gasteiger charge is 2.30. The molecule has 0 aliphatic heterocycles. The molecule has 148 valence electrons. The van der Waals surface area contributed by atoms with Crippen LogP contribution in [0.15, 0.2) is 29.1 Å². The molecule has 27 heavy (non-hydrogen) atoms. The van der Waals surface area contributed by atoms with Crippen molar-refractivity contribution in [1.29, 1.82) is 0 Å². The second kappa shape index (κ2) is 8.26. The molecule has 3 rings (SSSR count). The van der Waals surface area contributed by atoms with Crippen molar-refractivity contribution in [3.8, 4) is 17.1 Å². The van der Waals surface area contributed by atoms with Gasteiger partial charge in [-0.25, -0.2) is 22.6 Å². The maximum Gasteiger partial charge on any atom is 0.346 e. The first kappa shape index (κ1) is 19.6. The first-order chi connectivity index (χ1) is 12.9. The van der Waals surface area contributed by atoms with Crippen LogP contribution in [-0.2, 0) is 16.6 Å². The molecule has 0 atom stereocenters. The number of unbranched alkanes of at least 4 members (excludes halogenated alkanes) is 1. The Morgan fingerprint density at radius 1 is 1.26 bits per heavy atom. The number of aromatic nitrogens is 3. The summed E-state index contributed by atoms with van der Waals surface area (Å²) in [5, 5.41) is 4.47. The van der Waals surface area contributed by atoms with Crippen molar-refractivity contribution in [3.63, 3.8) is 0 Å². The van der Waals surface area contributed by atoms with Crippen LogP contribution in [0, 0.1) is 0 Å². The average Bonchev–Trinajstić information content (AvgIpc) is 3.44. The summed E-state index contributed by atoms with van der Waals surface area (Å²) in [5.41, 5.74) is 0.637. The highest BCUT2D eigenvalue weighted by atomic mass is 32.2. The molecule has 0 saturated heterocycles. The van der Waals surface area contributed by atoms with Crippen LogP contribution < -0.4 is 15.1 Å². The lowest BCUT2D eigenvalue weighted by atomic mass is 10.2.